The molecule has 2 heterocycles. The molecule has 0 saturated heterocycles. The van der Waals surface area contributed by atoms with Crippen molar-refractivity contribution in [1.29, 1.82) is 0 Å². The molecular formula is C24H20F2N4O. The van der Waals surface area contributed by atoms with Gasteiger partial charge in [-0.05, 0) is 54.1 Å². The number of carbonyl (C=O) groups excluding carboxylic acids is 1. The maximum absolute atomic E-state index is 13.7. The molecule has 0 aliphatic rings. The summed E-state index contributed by atoms with van der Waals surface area (Å²) >= 11 is 0. The van der Waals surface area contributed by atoms with Crippen molar-refractivity contribution in [2.45, 2.75) is 13.0 Å². The smallest absolute Gasteiger partial charge is 0.224 e. The monoisotopic (exact) mass is 418 g/mol. The number of nitrogens with one attached hydrogen (secondary N) is 1. The molecule has 4 aromatic rings. The van der Waals surface area contributed by atoms with Crippen molar-refractivity contribution in [3.63, 3.8) is 0 Å². The summed E-state index contributed by atoms with van der Waals surface area (Å²) in [5.41, 5.74) is 3.54. The summed E-state index contributed by atoms with van der Waals surface area (Å²) in [4.78, 5) is 16.4. The van der Waals surface area contributed by atoms with E-state index in [1.54, 1.807) is 47.4 Å². The number of carbonyl (C=O) groups is 1. The predicted molar refractivity (Wildman–Crippen MR) is 114 cm³/mol. The van der Waals surface area contributed by atoms with E-state index in [1.807, 2.05) is 18.2 Å². The number of hydrogen-bond acceptors (Lipinski definition) is 3. The Morgan fingerprint density at radius 3 is 2.52 bits per heavy atom. The number of rotatable bonds is 7. The van der Waals surface area contributed by atoms with E-state index in [0.717, 1.165) is 16.8 Å². The minimum Gasteiger partial charge on any atom is -0.354 e. The molecule has 0 spiro atoms. The van der Waals surface area contributed by atoms with Crippen molar-refractivity contribution in [3.8, 4) is 22.5 Å². The molecule has 1 N–H and O–H groups in total. The Bertz CT molecular complexity index is 1170. The predicted octanol–water partition coefficient (Wildman–Crippen LogP) is 4.25. The highest BCUT2D eigenvalue weighted by Gasteiger charge is 2.13. The minimum atomic E-state index is -0.396. The summed E-state index contributed by atoms with van der Waals surface area (Å²) in [6.07, 6.45) is 3.40. The van der Waals surface area contributed by atoms with Crippen molar-refractivity contribution in [2.24, 2.45) is 0 Å². The first-order chi connectivity index (χ1) is 15.1. The first kappa shape index (κ1) is 20.4. The molecule has 0 bridgehead atoms. The van der Waals surface area contributed by atoms with E-state index in [4.69, 9.17) is 0 Å². The van der Waals surface area contributed by atoms with Crippen LogP contribution in [0.1, 0.15) is 5.56 Å². The second-order valence-corrected chi connectivity index (χ2v) is 7.00. The number of benzene rings is 2. The van der Waals surface area contributed by atoms with Crippen LogP contribution in [0.5, 0.6) is 0 Å². The Balaban J connectivity index is 1.49. The lowest BCUT2D eigenvalue weighted by Gasteiger charge is -2.09. The molecular weight excluding hydrogens is 398 g/mol. The van der Waals surface area contributed by atoms with E-state index in [0.29, 0.717) is 24.3 Å². The molecule has 7 heteroatoms. The molecule has 31 heavy (non-hydrogen) atoms. The van der Waals surface area contributed by atoms with E-state index in [2.05, 4.69) is 15.4 Å². The van der Waals surface area contributed by atoms with Gasteiger partial charge in [-0.25, -0.2) is 8.78 Å². The molecule has 0 unspecified atom stereocenters. The Morgan fingerprint density at radius 2 is 1.77 bits per heavy atom. The third kappa shape index (κ3) is 5.01. The molecule has 156 valence electrons. The van der Waals surface area contributed by atoms with Crippen LogP contribution in [0.3, 0.4) is 0 Å². The zero-order valence-electron chi connectivity index (χ0n) is 16.6. The minimum absolute atomic E-state index is 0.0257. The highest BCUT2D eigenvalue weighted by molar-refractivity contribution is 5.78. The maximum atomic E-state index is 13.7. The fraction of sp³-hybridized carbons (Fsp3) is 0.125. The average molecular weight is 418 g/mol. The number of amides is 1. The second-order valence-electron chi connectivity index (χ2n) is 7.00. The zero-order chi connectivity index (χ0) is 21.6. The number of aromatic nitrogens is 3. The topological polar surface area (TPSA) is 59.8 Å². The van der Waals surface area contributed by atoms with Gasteiger partial charge in [0.25, 0.3) is 0 Å². The first-order valence-electron chi connectivity index (χ1n) is 9.84. The van der Waals surface area contributed by atoms with Crippen LogP contribution in [0.25, 0.3) is 22.5 Å². The van der Waals surface area contributed by atoms with Crippen LogP contribution in [0.4, 0.5) is 8.78 Å². The van der Waals surface area contributed by atoms with Gasteiger partial charge < -0.3 is 5.32 Å². The maximum Gasteiger partial charge on any atom is 0.224 e. The number of pyridine rings is 1. The van der Waals surface area contributed by atoms with E-state index < -0.39 is 5.82 Å². The molecule has 0 aliphatic heterocycles. The van der Waals surface area contributed by atoms with Gasteiger partial charge in [-0.1, -0.05) is 18.2 Å². The summed E-state index contributed by atoms with van der Waals surface area (Å²) in [5, 5.41) is 7.45. The molecule has 0 radical (unpaired) electrons. The summed E-state index contributed by atoms with van der Waals surface area (Å²) in [5.74, 6) is -0.972. The molecule has 5 nitrogen and oxygen atoms in total. The van der Waals surface area contributed by atoms with Gasteiger partial charge >= 0.3 is 0 Å². The Morgan fingerprint density at radius 1 is 0.968 bits per heavy atom. The number of hydrogen-bond donors (Lipinski definition) is 1. The van der Waals surface area contributed by atoms with Gasteiger partial charge in [-0.2, -0.15) is 5.10 Å². The van der Waals surface area contributed by atoms with E-state index in [-0.39, 0.29) is 18.1 Å². The Labute approximate surface area is 178 Å². The van der Waals surface area contributed by atoms with Gasteiger partial charge in [-0.3, -0.25) is 14.5 Å². The normalized spacial score (nSPS) is 10.8. The van der Waals surface area contributed by atoms with Crippen molar-refractivity contribution >= 4 is 5.91 Å². The van der Waals surface area contributed by atoms with Gasteiger partial charge in [0.2, 0.25) is 5.91 Å². The molecule has 4 rings (SSSR count). The van der Waals surface area contributed by atoms with Crippen molar-refractivity contribution in [1.82, 2.24) is 20.1 Å². The van der Waals surface area contributed by atoms with Crippen LogP contribution < -0.4 is 5.32 Å². The third-order valence-corrected chi connectivity index (χ3v) is 4.83. The van der Waals surface area contributed by atoms with Crippen molar-refractivity contribution in [3.05, 3.63) is 96.3 Å². The lowest BCUT2D eigenvalue weighted by Crippen LogP contribution is -2.29. The third-order valence-electron chi connectivity index (χ3n) is 4.83. The molecule has 0 atom stereocenters. The highest BCUT2D eigenvalue weighted by Crippen LogP contribution is 2.26. The standard InChI is InChI=1S/C24H20F2N4O/c25-20-9-7-17(8-10-20)22-15-23(19-5-3-11-27-16-19)30(29-22)13-12-28-24(31)14-18-4-1-2-6-21(18)26/h1-11,15-16H,12-14H2,(H,28,31). The van der Waals surface area contributed by atoms with Gasteiger partial charge in [0.15, 0.2) is 0 Å². The SMILES string of the molecule is O=C(Cc1ccccc1F)NCCn1nc(-c2ccc(F)cc2)cc1-c1cccnc1. The highest BCUT2D eigenvalue weighted by atomic mass is 19.1. The molecule has 0 saturated carbocycles. The Kier molecular flexibility index (Phi) is 6.12. The molecule has 2 aromatic carbocycles. The summed E-state index contributed by atoms with van der Waals surface area (Å²) in [7, 11) is 0. The fourth-order valence-corrected chi connectivity index (χ4v) is 3.27. The van der Waals surface area contributed by atoms with Crippen LogP contribution in [0, 0.1) is 11.6 Å². The van der Waals surface area contributed by atoms with Crippen LogP contribution in [-0.4, -0.2) is 27.2 Å². The van der Waals surface area contributed by atoms with E-state index in [1.165, 1.54) is 18.2 Å². The summed E-state index contributed by atoms with van der Waals surface area (Å²) < 4.78 is 28.8. The Hall–Kier alpha value is -3.87. The fourth-order valence-electron chi connectivity index (χ4n) is 3.27. The molecule has 2 aromatic heterocycles. The lowest BCUT2D eigenvalue weighted by atomic mass is 10.1. The zero-order valence-corrected chi connectivity index (χ0v) is 16.6. The second kappa shape index (κ2) is 9.30. The van der Waals surface area contributed by atoms with Crippen molar-refractivity contribution < 1.29 is 13.6 Å². The quantitative estimate of drug-likeness (QED) is 0.488. The van der Waals surface area contributed by atoms with Crippen LogP contribution in [0.2, 0.25) is 0 Å². The van der Waals surface area contributed by atoms with Gasteiger partial charge in [0.05, 0.1) is 24.4 Å². The summed E-state index contributed by atoms with van der Waals surface area (Å²) in [6.45, 7) is 0.736. The lowest BCUT2D eigenvalue weighted by molar-refractivity contribution is -0.120. The van der Waals surface area contributed by atoms with Gasteiger partial charge in [-0.15, -0.1) is 0 Å². The largest absolute Gasteiger partial charge is 0.354 e. The van der Waals surface area contributed by atoms with E-state index in [9.17, 15) is 13.6 Å². The van der Waals surface area contributed by atoms with Crippen LogP contribution in [-0.2, 0) is 17.8 Å². The van der Waals surface area contributed by atoms with E-state index >= 15 is 0 Å². The number of halogens is 2. The number of nitrogens with zero attached hydrogens (tertiary/aromatic N) is 3. The first-order valence-corrected chi connectivity index (χ1v) is 9.84. The van der Waals surface area contributed by atoms with Gasteiger partial charge in [0.1, 0.15) is 11.6 Å². The van der Waals surface area contributed by atoms with Crippen LogP contribution in [0.15, 0.2) is 79.1 Å². The van der Waals surface area contributed by atoms with Gasteiger partial charge in [0, 0.05) is 30.1 Å². The molecule has 1 amide bonds. The van der Waals surface area contributed by atoms with Crippen LogP contribution >= 0.6 is 0 Å². The molecule has 0 fully saturated rings. The van der Waals surface area contributed by atoms with Crippen molar-refractivity contribution in [2.75, 3.05) is 6.54 Å². The summed E-state index contributed by atoms with van der Waals surface area (Å²) in [6, 6.07) is 18.0. The average Bonchev–Trinajstić information content (AvgIpc) is 3.20. The molecule has 0 aliphatic carbocycles.